The minimum Gasteiger partial charge on any atom is -0.493 e. The Kier molecular flexibility index (Phi) is 8.88. The van der Waals surface area contributed by atoms with Crippen molar-refractivity contribution in [2.75, 3.05) is 14.2 Å². The first kappa shape index (κ1) is 23.1. The van der Waals surface area contributed by atoms with Crippen molar-refractivity contribution in [3.05, 3.63) is 59.2 Å². The fourth-order valence-electron chi connectivity index (χ4n) is 2.53. The first-order valence-electron chi connectivity index (χ1n) is 8.67. The Morgan fingerprint density at radius 1 is 0.963 bits per heavy atom. The van der Waals surface area contributed by atoms with E-state index in [1.807, 2.05) is 18.2 Å². The zero-order chi connectivity index (χ0) is 19.2. The summed E-state index contributed by atoms with van der Waals surface area (Å²) >= 11 is 0. The van der Waals surface area contributed by atoms with Gasteiger partial charge >= 0.3 is 0 Å². The first-order chi connectivity index (χ1) is 12.3. The fourth-order valence-corrected chi connectivity index (χ4v) is 2.53. The highest BCUT2D eigenvalue weighted by Crippen LogP contribution is 2.27. The number of hydrogen-bond acceptors (Lipinski definition) is 3. The number of nitrogens with zero attached hydrogens (tertiary/aromatic N) is 1. The summed E-state index contributed by atoms with van der Waals surface area (Å²) in [6.45, 7) is 7.74. The van der Waals surface area contributed by atoms with Crippen LogP contribution in [0.4, 0.5) is 0 Å². The van der Waals surface area contributed by atoms with Gasteiger partial charge in [0, 0.05) is 6.54 Å². The quantitative estimate of drug-likeness (QED) is 0.367. The molecule has 6 heteroatoms. The molecular weight excluding hydrogens is 453 g/mol. The molecule has 5 nitrogen and oxygen atoms in total. The van der Waals surface area contributed by atoms with Crippen LogP contribution in [-0.2, 0) is 18.5 Å². The van der Waals surface area contributed by atoms with Crippen molar-refractivity contribution in [1.29, 1.82) is 0 Å². The monoisotopic (exact) mass is 483 g/mol. The molecule has 0 aliphatic heterocycles. The molecule has 0 saturated carbocycles. The van der Waals surface area contributed by atoms with Gasteiger partial charge in [-0.2, -0.15) is 0 Å². The Labute approximate surface area is 179 Å². The van der Waals surface area contributed by atoms with E-state index in [1.165, 1.54) is 11.1 Å². The van der Waals surface area contributed by atoms with Gasteiger partial charge in [0.2, 0.25) is 0 Å². The van der Waals surface area contributed by atoms with E-state index in [1.54, 1.807) is 14.2 Å². The van der Waals surface area contributed by atoms with Gasteiger partial charge < -0.3 is 20.5 Å². The van der Waals surface area contributed by atoms with Crippen LogP contribution in [-0.4, -0.2) is 20.2 Å². The molecule has 0 aromatic heterocycles. The van der Waals surface area contributed by atoms with E-state index in [4.69, 9.17) is 15.2 Å². The Morgan fingerprint density at radius 3 is 2.11 bits per heavy atom. The smallest absolute Gasteiger partial charge is 0.189 e. The van der Waals surface area contributed by atoms with Gasteiger partial charge in [-0.15, -0.1) is 24.0 Å². The summed E-state index contributed by atoms with van der Waals surface area (Å²) in [5.74, 6) is 1.80. The van der Waals surface area contributed by atoms with Crippen LogP contribution in [0.3, 0.4) is 0 Å². The molecule has 0 heterocycles. The molecule has 2 aromatic carbocycles. The second kappa shape index (κ2) is 10.4. The molecule has 0 aliphatic carbocycles. The average molecular weight is 483 g/mol. The summed E-state index contributed by atoms with van der Waals surface area (Å²) in [5.41, 5.74) is 9.62. The third kappa shape index (κ3) is 6.93. The fraction of sp³-hybridized carbons (Fsp3) is 0.381. The van der Waals surface area contributed by atoms with Gasteiger partial charge in [-0.25, -0.2) is 4.99 Å². The lowest BCUT2D eigenvalue weighted by Crippen LogP contribution is -2.31. The molecule has 0 spiro atoms. The van der Waals surface area contributed by atoms with Gasteiger partial charge in [0.25, 0.3) is 0 Å². The van der Waals surface area contributed by atoms with Crippen molar-refractivity contribution in [1.82, 2.24) is 5.32 Å². The summed E-state index contributed by atoms with van der Waals surface area (Å²) in [4.78, 5) is 4.38. The first-order valence-corrected chi connectivity index (χ1v) is 8.67. The summed E-state index contributed by atoms with van der Waals surface area (Å²) in [5, 5.41) is 3.15. The molecule has 0 bridgehead atoms. The maximum atomic E-state index is 5.98. The molecule has 0 saturated heterocycles. The van der Waals surface area contributed by atoms with E-state index in [9.17, 15) is 0 Å². The number of halogens is 1. The number of guanidine groups is 1. The van der Waals surface area contributed by atoms with E-state index in [0.717, 1.165) is 5.56 Å². The second-order valence-corrected chi connectivity index (χ2v) is 7.19. The Hall–Kier alpha value is -1.96. The number of aliphatic imine (C=N–C) groups is 1. The molecule has 2 aromatic rings. The van der Waals surface area contributed by atoms with E-state index >= 15 is 0 Å². The van der Waals surface area contributed by atoms with E-state index in [0.29, 0.717) is 30.5 Å². The average Bonchev–Trinajstić information content (AvgIpc) is 2.64. The predicted octanol–water partition coefficient (Wildman–Crippen LogP) is 4.22. The van der Waals surface area contributed by atoms with Crippen LogP contribution >= 0.6 is 24.0 Å². The highest BCUT2D eigenvalue weighted by atomic mass is 127. The highest BCUT2D eigenvalue weighted by Gasteiger charge is 2.12. The Morgan fingerprint density at radius 2 is 1.56 bits per heavy atom. The van der Waals surface area contributed by atoms with E-state index in [-0.39, 0.29) is 29.4 Å². The van der Waals surface area contributed by atoms with Crippen molar-refractivity contribution in [3.8, 4) is 11.5 Å². The number of nitrogens with two attached hydrogens (primary N) is 1. The topological polar surface area (TPSA) is 68.9 Å². The van der Waals surface area contributed by atoms with Crippen LogP contribution in [0, 0.1) is 0 Å². The van der Waals surface area contributed by atoms with Crippen molar-refractivity contribution in [2.45, 2.75) is 39.3 Å². The van der Waals surface area contributed by atoms with Crippen LogP contribution < -0.4 is 20.5 Å². The SMILES string of the molecule is COc1ccc(CN=C(N)NCc2ccc(C(C)(C)C)cc2)cc1OC.I. The van der Waals surface area contributed by atoms with Gasteiger partial charge in [-0.3, -0.25) is 0 Å². The maximum Gasteiger partial charge on any atom is 0.189 e. The third-order valence-electron chi connectivity index (χ3n) is 4.17. The number of hydrogen-bond donors (Lipinski definition) is 2. The molecule has 0 radical (unpaired) electrons. The van der Waals surface area contributed by atoms with Crippen LogP contribution in [0.5, 0.6) is 11.5 Å². The highest BCUT2D eigenvalue weighted by molar-refractivity contribution is 14.0. The van der Waals surface area contributed by atoms with Crippen molar-refractivity contribution >= 4 is 29.9 Å². The number of nitrogens with one attached hydrogen (secondary N) is 1. The molecule has 0 aliphatic rings. The molecule has 2 rings (SSSR count). The number of rotatable bonds is 6. The molecular formula is C21H30IN3O2. The van der Waals surface area contributed by atoms with Gasteiger partial charge in [0.1, 0.15) is 0 Å². The summed E-state index contributed by atoms with van der Waals surface area (Å²) in [7, 11) is 3.23. The van der Waals surface area contributed by atoms with Crippen LogP contribution in [0.15, 0.2) is 47.5 Å². The van der Waals surface area contributed by atoms with Crippen molar-refractivity contribution in [3.63, 3.8) is 0 Å². The summed E-state index contributed by atoms with van der Waals surface area (Å²) in [6, 6.07) is 14.3. The molecule has 0 atom stereocenters. The minimum absolute atomic E-state index is 0. The van der Waals surface area contributed by atoms with Gasteiger partial charge in [0.05, 0.1) is 20.8 Å². The van der Waals surface area contributed by atoms with Crippen molar-refractivity contribution in [2.24, 2.45) is 10.7 Å². The van der Waals surface area contributed by atoms with Crippen LogP contribution in [0.2, 0.25) is 0 Å². The van der Waals surface area contributed by atoms with Crippen LogP contribution in [0.1, 0.15) is 37.5 Å². The van der Waals surface area contributed by atoms with Gasteiger partial charge in [-0.05, 0) is 34.2 Å². The minimum atomic E-state index is 0. The van der Waals surface area contributed by atoms with Crippen LogP contribution in [0.25, 0.3) is 0 Å². The molecule has 0 amide bonds. The predicted molar refractivity (Wildman–Crippen MR) is 122 cm³/mol. The van der Waals surface area contributed by atoms with Gasteiger partial charge in [0.15, 0.2) is 17.5 Å². The lowest BCUT2D eigenvalue weighted by atomic mass is 9.87. The number of ether oxygens (including phenoxy) is 2. The van der Waals surface area contributed by atoms with E-state index < -0.39 is 0 Å². The largest absolute Gasteiger partial charge is 0.493 e. The zero-order valence-corrected chi connectivity index (χ0v) is 19.0. The van der Waals surface area contributed by atoms with Crippen molar-refractivity contribution < 1.29 is 9.47 Å². The molecule has 0 fully saturated rings. The zero-order valence-electron chi connectivity index (χ0n) is 16.7. The molecule has 27 heavy (non-hydrogen) atoms. The summed E-state index contributed by atoms with van der Waals surface area (Å²) < 4.78 is 10.5. The number of methoxy groups -OCH3 is 2. The standard InChI is InChI=1S/C21H29N3O2.HI/c1-21(2,3)17-9-6-15(7-10-17)13-23-20(22)24-14-16-8-11-18(25-4)19(12-16)26-5;/h6-12H,13-14H2,1-5H3,(H3,22,23,24);1H. The lowest BCUT2D eigenvalue weighted by molar-refractivity contribution is 0.354. The summed E-state index contributed by atoms with van der Waals surface area (Å²) in [6.07, 6.45) is 0. The Balaban J connectivity index is 0.00000364. The number of benzene rings is 2. The maximum absolute atomic E-state index is 5.98. The van der Waals surface area contributed by atoms with E-state index in [2.05, 4.69) is 55.3 Å². The third-order valence-corrected chi connectivity index (χ3v) is 4.17. The molecule has 3 N–H and O–H groups in total. The Bertz CT molecular complexity index is 753. The molecule has 148 valence electrons. The second-order valence-electron chi connectivity index (χ2n) is 7.19. The molecule has 0 unspecified atom stereocenters. The lowest BCUT2D eigenvalue weighted by Gasteiger charge is -2.19. The van der Waals surface area contributed by atoms with Gasteiger partial charge in [-0.1, -0.05) is 51.1 Å². The normalized spacial score (nSPS) is 11.5.